The van der Waals surface area contributed by atoms with Crippen LogP contribution in [0, 0.1) is 19.7 Å². The van der Waals surface area contributed by atoms with Gasteiger partial charge in [-0.1, -0.05) is 23.2 Å². The van der Waals surface area contributed by atoms with Gasteiger partial charge in [-0.05, 0) is 62.4 Å². The molecule has 2 aromatic carbocycles. The molecular weight excluding hydrogens is 376 g/mol. The van der Waals surface area contributed by atoms with Crippen molar-refractivity contribution in [3.63, 3.8) is 0 Å². The number of halogens is 3. The molecule has 3 aromatic rings. The number of carbonyl (C=O) groups is 1. The van der Waals surface area contributed by atoms with Crippen LogP contribution in [0.1, 0.15) is 21.7 Å². The Morgan fingerprint density at radius 1 is 1.08 bits per heavy atom. The lowest BCUT2D eigenvalue weighted by molar-refractivity contribution is 0.0921. The summed E-state index contributed by atoms with van der Waals surface area (Å²) in [5.41, 5.74) is 2.99. The molecule has 0 aliphatic rings. The fourth-order valence-electron chi connectivity index (χ4n) is 2.85. The number of aromatic nitrogens is 1. The van der Waals surface area contributed by atoms with Crippen molar-refractivity contribution in [3.8, 4) is 11.4 Å². The molecule has 0 fully saturated rings. The number of benzene rings is 2. The second kappa shape index (κ2) is 7.52. The molecule has 0 saturated heterocycles. The van der Waals surface area contributed by atoms with E-state index in [0.717, 1.165) is 17.1 Å². The highest BCUT2D eigenvalue weighted by Crippen LogP contribution is 2.28. The van der Waals surface area contributed by atoms with Gasteiger partial charge in [0.15, 0.2) is 6.61 Å². The van der Waals surface area contributed by atoms with Gasteiger partial charge in [0.2, 0.25) is 5.78 Å². The molecule has 1 aromatic heterocycles. The number of carbonyl (C=O) groups excluding carboxylic acids is 1. The Balaban J connectivity index is 1.82. The molecule has 134 valence electrons. The van der Waals surface area contributed by atoms with Gasteiger partial charge in [0.25, 0.3) is 0 Å². The first-order valence-corrected chi connectivity index (χ1v) is 8.68. The zero-order chi connectivity index (χ0) is 18.8. The Morgan fingerprint density at radius 3 is 2.42 bits per heavy atom. The van der Waals surface area contributed by atoms with Gasteiger partial charge >= 0.3 is 0 Å². The lowest BCUT2D eigenvalue weighted by Crippen LogP contribution is -2.13. The Hall–Kier alpha value is -2.30. The number of ether oxygens (including phenoxy) is 1. The van der Waals surface area contributed by atoms with Crippen molar-refractivity contribution in [1.29, 1.82) is 0 Å². The van der Waals surface area contributed by atoms with Crippen LogP contribution in [0.2, 0.25) is 10.0 Å². The number of rotatable bonds is 5. The topological polar surface area (TPSA) is 31.2 Å². The first-order valence-electron chi connectivity index (χ1n) is 7.92. The van der Waals surface area contributed by atoms with Gasteiger partial charge in [0, 0.05) is 27.7 Å². The van der Waals surface area contributed by atoms with Gasteiger partial charge < -0.3 is 9.30 Å². The normalized spacial score (nSPS) is 10.8. The van der Waals surface area contributed by atoms with E-state index in [2.05, 4.69) is 0 Å². The molecule has 0 aliphatic heterocycles. The van der Waals surface area contributed by atoms with Crippen LogP contribution in [0.25, 0.3) is 5.69 Å². The van der Waals surface area contributed by atoms with Crippen LogP contribution in [-0.4, -0.2) is 17.0 Å². The average Bonchev–Trinajstić information content (AvgIpc) is 2.89. The van der Waals surface area contributed by atoms with E-state index in [1.165, 1.54) is 12.1 Å². The van der Waals surface area contributed by atoms with Crippen LogP contribution in [0.15, 0.2) is 48.5 Å². The van der Waals surface area contributed by atoms with Crippen molar-refractivity contribution in [2.75, 3.05) is 6.61 Å². The van der Waals surface area contributed by atoms with Gasteiger partial charge in [0.1, 0.15) is 11.6 Å². The van der Waals surface area contributed by atoms with E-state index in [9.17, 15) is 9.18 Å². The van der Waals surface area contributed by atoms with Crippen LogP contribution in [0.3, 0.4) is 0 Å². The monoisotopic (exact) mass is 391 g/mol. The highest BCUT2D eigenvalue weighted by atomic mass is 35.5. The van der Waals surface area contributed by atoms with Crippen molar-refractivity contribution >= 4 is 29.0 Å². The van der Waals surface area contributed by atoms with Crippen molar-refractivity contribution in [2.24, 2.45) is 0 Å². The first-order chi connectivity index (χ1) is 12.4. The predicted octanol–water partition coefficient (Wildman–Crippen LogP) is 5.80. The summed E-state index contributed by atoms with van der Waals surface area (Å²) in [7, 11) is 0. The van der Waals surface area contributed by atoms with Crippen LogP contribution in [0.4, 0.5) is 4.39 Å². The fourth-order valence-corrected chi connectivity index (χ4v) is 3.31. The van der Waals surface area contributed by atoms with Crippen molar-refractivity contribution in [3.05, 3.63) is 81.3 Å². The Morgan fingerprint density at radius 2 is 1.77 bits per heavy atom. The molecule has 0 spiro atoms. The summed E-state index contributed by atoms with van der Waals surface area (Å²) in [4.78, 5) is 12.6. The van der Waals surface area contributed by atoms with Crippen LogP contribution >= 0.6 is 23.2 Å². The fraction of sp³-hybridized carbons (Fsp3) is 0.150. The Kier molecular flexibility index (Phi) is 5.35. The van der Waals surface area contributed by atoms with E-state index in [1.54, 1.807) is 36.4 Å². The number of nitrogens with zero attached hydrogens (tertiary/aromatic N) is 1. The minimum atomic E-state index is -0.305. The van der Waals surface area contributed by atoms with Crippen molar-refractivity contribution in [1.82, 2.24) is 4.57 Å². The third-order valence-corrected chi connectivity index (χ3v) is 4.60. The summed E-state index contributed by atoms with van der Waals surface area (Å²) in [6.45, 7) is 3.60. The van der Waals surface area contributed by atoms with Crippen LogP contribution in [0.5, 0.6) is 5.75 Å². The van der Waals surface area contributed by atoms with E-state index in [4.69, 9.17) is 27.9 Å². The molecule has 6 heteroatoms. The summed E-state index contributed by atoms with van der Waals surface area (Å²) in [5.74, 6) is -0.0741. The number of Topliss-reactive ketones (excluding diaryl/α,β-unsaturated/α-hetero) is 1. The quantitative estimate of drug-likeness (QED) is 0.514. The minimum absolute atomic E-state index is 0.144. The summed E-state index contributed by atoms with van der Waals surface area (Å²) < 4.78 is 20.6. The van der Waals surface area contributed by atoms with Crippen LogP contribution in [-0.2, 0) is 0 Å². The zero-order valence-corrected chi connectivity index (χ0v) is 15.7. The van der Waals surface area contributed by atoms with E-state index in [1.807, 2.05) is 18.4 Å². The SMILES string of the molecule is Cc1cc(C(=O)COc2ccc(Cl)cc2Cl)c(C)n1-c1ccc(F)cc1. The molecule has 0 atom stereocenters. The highest BCUT2D eigenvalue weighted by Gasteiger charge is 2.17. The largest absolute Gasteiger partial charge is 0.484 e. The Bertz CT molecular complexity index is 965. The molecule has 26 heavy (non-hydrogen) atoms. The smallest absolute Gasteiger partial charge is 0.202 e. The van der Waals surface area contributed by atoms with E-state index >= 15 is 0 Å². The molecule has 0 amide bonds. The average molecular weight is 392 g/mol. The van der Waals surface area contributed by atoms with Crippen LogP contribution < -0.4 is 4.74 Å². The summed E-state index contributed by atoms with van der Waals surface area (Å²) in [5, 5.41) is 0.846. The summed E-state index contributed by atoms with van der Waals surface area (Å²) >= 11 is 11.9. The third kappa shape index (κ3) is 3.76. The molecule has 3 nitrogen and oxygen atoms in total. The number of hydrogen-bond donors (Lipinski definition) is 0. The summed E-state index contributed by atoms with van der Waals surface area (Å²) in [6, 6.07) is 12.8. The van der Waals surface area contributed by atoms with Crippen molar-refractivity contribution < 1.29 is 13.9 Å². The molecule has 3 rings (SSSR count). The molecule has 0 saturated carbocycles. The van der Waals surface area contributed by atoms with Gasteiger partial charge in [-0.15, -0.1) is 0 Å². The number of hydrogen-bond acceptors (Lipinski definition) is 2. The zero-order valence-electron chi connectivity index (χ0n) is 14.2. The number of ketones is 1. The molecule has 0 unspecified atom stereocenters. The predicted molar refractivity (Wildman–Crippen MR) is 101 cm³/mol. The molecule has 0 radical (unpaired) electrons. The molecule has 1 heterocycles. The van der Waals surface area contributed by atoms with Gasteiger partial charge in [-0.2, -0.15) is 0 Å². The maximum absolute atomic E-state index is 13.2. The minimum Gasteiger partial charge on any atom is -0.484 e. The maximum atomic E-state index is 13.2. The molecule has 0 aliphatic carbocycles. The lowest BCUT2D eigenvalue weighted by Gasteiger charge is -2.10. The first kappa shape index (κ1) is 18.5. The van der Waals surface area contributed by atoms with Crippen molar-refractivity contribution in [2.45, 2.75) is 13.8 Å². The van der Waals surface area contributed by atoms with Gasteiger partial charge in [-0.25, -0.2) is 4.39 Å². The second-order valence-corrected chi connectivity index (χ2v) is 6.73. The van der Waals surface area contributed by atoms with E-state index in [0.29, 0.717) is 21.4 Å². The molecular formula is C20H16Cl2FNO2. The Labute approximate surface area is 160 Å². The maximum Gasteiger partial charge on any atom is 0.202 e. The molecule has 0 bridgehead atoms. The second-order valence-electron chi connectivity index (χ2n) is 5.88. The van der Waals surface area contributed by atoms with Gasteiger partial charge in [0.05, 0.1) is 5.02 Å². The summed E-state index contributed by atoms with van der Waals surface area (Å²) in [6.07, 6.45) is 0. The van der Waals surface area contributed by atoms with Gasteiger partial charge in [-0.3, -0.25) is 4.79 Å². The van der Waals surface area contributed by atoms with E-state index < -0.39 is 0 Å². The third-order valence-electron chi connectivity index (χ3n) is 4.07. The van der Waals surface area contributed by atoms with E-state index in [-0.39, 0.29) is 18.2 Å². The molecule has 0 N–H and O–H groups in total. The highest BCUT2D eigenvalue weighted by molar-refractivity contribution is 6.35. The standard InChI is InChI=1S/C20H16Cl2FNO2/c1-12-9-17(13(2)24(12)16-6-4-15(23)5-7-16)19(25)11-26-20-8-3-14(21)10-18(20)22/h3-10H,11H2,1-2H3. The lowest BCUT2D eigenvalue weighted by atomic mass is 10.1. The number of aryl methyl sites for hydroxylation is 1.